The van der Waals surface area contributed by atoms with Gasteiger partial charge in [-0.3, -0.25) is 19.9 Å². The summed E-state index contributed by atoms with van der Waals surface area (Å²) in [7, 11) is 0. The molecule has 0 aliphatic heterocycles. The Morgan fingerprint density at radius 2 is 1.30 bits per heavy atom. The van der Waals surface area contributed by atoms with Gasteiger partial charge in [0.1, 0.15) is 0 Å². The first-order chi connectivity index (χ1) is 21.6. The van der Waals surface area contributed by atoms with E-state index in [2.05, 4.69) is 94.0 Å². The van der Waals surface area contributed by atoms with Gasteiger partial charge in [-0.25, -0.2) is 4.98 Å². The zero-order valence-corrected chi connectivity index (χ0v) is 24.2. The fourth-order valence-corrected chi connectivity index (χ4v) is 7.07. The minimum atomic E-state index is -0.275. The lowest BCUT2D eigenvalue weighted by molar-refractivity contribution is 0.664. The van der Waals surface area contributed by atoms with Crippen LogP contribution in [-0.2, 0) is 5.41 Å². The smallest absolute Gasteiger partial charge is 0.0968 e. The van der Waals surface area contributed by atoms with Gasteiger partial charge in [0.15, 0.2) is 0 Å². The normalized spacial score (nSPS) is 13.4. The molecule has 0 saturated carbocycles. The van der Waals surface area contributed by atoms with Gasteiger partial charge in [-0.15, -0.1) is 0 Å². The minimum absolute atomic E-state index is 0.275. The molecule has 3 aromatic carbocycles. The van der Waals surface area contributed by atoms with Crippen LogP contribution in [0.4, 0.5) is 0 Å². The van der Waals surface area contributed by atoms with Gasteiger partial charge in [0.2, 0.25) is 0 Å². The maximum Gasteiger partial charge on any atom is 0.0968 e. The van der Waals surface area contributed by atoms with E-state index in [-0.39, 0.29) is 5.41 Å². The number of benzene rings is 3. The number of para-hydroxylation sites is 1. The molecule has 1 aliphatic rings. The van der Waals surface area contributed by atoms with Gasteiger partial charge in [-0.2, -0.15) is 0 Å². The lowest BCUT2D eigenvalue weighted by atomic mass is 9.81. The first-order valence-electron chi connectivity index (χ1n) is 14.8. The highest BCUT2D eigenvalue weighted by atomic mass is 15.0. The van der Waals surface area contributed by atoms with Crippen molar-refractivity contribution in [1.29, 1.82) is 0 Å². The maximum absolute atomic E-state index is 5.06. The van der Waals surface area contributed by atoms with Crippen molar-refractivity contribution in [2.24, 2.45) is 0 Å². The first-order valence-corrected chi connectivity index (χ1v) is 14.8. The van der Waals surface area contributed by atoms with E-state index in [1.807, 2.05) is 48.8 Å². The Hall–Kier alpha value is -5.75. The van der Waals surface area contributed by atoms with E-state index < -0.39 is 0 Å². The summed E-state index contributed by atoms with van der Waals surface area (Å²) in [5, 5.41) is 2.42. The van der Waals surface area contributed by atoms with Crippen LogP contribution >= 0.6 is 0 Å². The van der Waals surface area contributed by atoms with Crippen LogP contribution in [0.25, 0.3) is 72.4 Å². The van der Waals surface area contributed by atoms with Crippen molar-refractivity contribution in [1.82, 2.24) is 29.5 Å². The van der Waals surface area contributed by atoms with Gasteiger partial charge in [-0.05, 0) is 65.2 Å². The minimum Gasteiger partial charge on any atom is -0.309 e. The Balaban J connectivity index is 1.42. The van der Waals surface area contributed by atoms with E-state index in [9.17, 15) is 0 Å². The topological polar surface area (TPSA) is 69.4 Å². The van der Waals surface area contributed by atoms with Crippen molar-refractivity contribution in [3.8, 4) is 39.6 Å². The van der Waals surface area contributed by atoms with Crippen molar-refractivity contribution in [3.63, 3.8) is 0 Å². The van der Waals surface area contributed by atoms with E-state index >= 15 is 0 Å². The summed E-state index contributed by atoms with van der Waals surface area (Å²) in [6, 6.07) is 33.7. The summed E-state index contributed by atoms with van der Waals surface area (Å²) in [6.45, 7) is 4.65. The molecular weight excluding hydrogens is 540 g/mol. The lowest BCUT2D eigenvalue weighted by Gasteiger charge is -2.24. The second-order valence-electron chi connectivity index (χ2n) is 11.8. The molecule has 6 nitrogen and oxygen atoms in total. The van der Waals surface area contributed by atoms with E-state index in [0.29, 0.717) is 0 Å². The summed E-state index contributed by atoms with van der Waals surface area (Å²) in [5.74, 6) is 0. The summed E-state index contributed by atoms with van der Waals surface area (Å²) in [4.78, 5) is 23.8. The van der Waals surface area contributed by atoms with Crippen LogP contribution in [0.3, 0.4) is 0 Å². The molecule has 0 fully saturated rings. The van der Waals surface area contributed by atoms with Crippen molar-refractivity contribution >= 4 is 32.8 Å². The van der Waals surface area contributed by atoms with Crippen molar-refractivity contribution in [2.75, 3.05) is 0 Å². The zero-order chi connectivity index (χ0) is 29.4. The highest BCUT2D eigenvalue weighted by molar-refractivity contribution is 6.14. The molecule has 0 bridgehead atoms. The molecule has 0 atom stereocenters. The molecule has 5 aromatic heterocycles. The fraction of sp³-hybridized carbons (Fsp3) is 0.0789. The highest BCUT2D eigenvalue weighted by Gasteiger charge is 2.40. The first kappa shape index (κ1) is 24.8. The SMILES string of the molecule is CC1(C)c2ccc3nccnc3c2-c2ccc3c4ccccc4n(-c4cc(-c5ccccn5)nc(-c5ccccn5)c4)c3c21. The van der Waals surface area contributed by atoms with Crippen LogP contribution < -0.4 is 0 Å². The number of rotatable bonds is 3. The molecular formula is C38H26N6. The Kier molecular flexibility index (Phi) is 5.14. The Morgan fingerprint density at radius 1 is 0.591 bits per heavy atom. The van der Waals surface area contributed by atoms with Crippen LogP contribution in [0, 0.1) is 0 Å². The summed E-state index contributed by atoms with van der Waals surface area (Å²) >= 11 is 0. The maximum atomic E-state index is 5.06. The lowest BCUT2D eigenvalue weighted by Crippen LogP contribution is -2.16. The molecule has 0 N–H and O–H groups in total. The third-order valence-electron chi connectivity index (χ3n) is 8.97. The predicted octanol–water partition coefficient (Wildman–Crippen LogP) is 8.55. The molecule has 9 rings (SSSR count). The monoisotopic (exact) mass is 566 g/mol. The molecule has 44 heavy (non-hydrogen) atoms. The molecule has 0 unspecified atom stereocenters. The largest absolute Gasteiger partial charge is 0.309 e. The Bertz CT molecular complexity index is 2350. The molecule has 0 amide bonds. The Labute approximate surface area is 253 Å². The number of hydrogen-bond donors (Lipinski definition) is 0. The number of nitrogens with zero attached hydrogens (tertiary/aromatic N) is 6. The zero-order valence-electron chi connectivity index (χ0n) is 24.2. The number of pyridine rings is 3. The van der Waals surface area contributed by atoms with Crippen LogP contribution in [0.5, 0.6) is 0 Å². The molecule has 0 spiro atoms. The average molecular weight is 567 g/mol. The Morgan fingerprint density at radius 3 is 2.02 bits per heavy atom. The summed E-state index contributed by atoms with van der Waals surface area (Å²) in [5.41, 5.74) is 13.1. The third-order valence-corrected chi connectivity index (χ3v) is 8.97. The second kappa shape index (κ2) is 9.12. The van der Waals surface area contributed by atoms with Gasteiger partial charge in [-0.1, -0.05) is 62.4 Å². The van der Waals surface area contributed by atoms with Gasteiger partial charge < -0.3 is 4.57 Å². The van der Waals surface area contributed by atoms with E-state index in [4.69, 9.17) is 9.97 Å². The van der Waals surface area contributed by atoms with Crippen LogP contribution in [-0.4, -0.2) is 29.5 Å². The van der Waals surface area contributed by atoms with Crippen LogP contribution in [0.1, 0.15) is 25.0 Å². The molecule has 5 heterocycles. The van der Waals surface area contributed by atoms with Crippen LogP contribution in [0.15, 0.2) is 122 Å². The fourth-order valence-electron chi connectivity index (χ4n) is 7.07. The molecule has 208 valence electrons. The molecule has 0 saturated heterocycles. The third kappa shape index (κ3) is 3.45. The molecule has 0 radical (unpaired) electrons. The molecule has 8 aromatic rings. The molecule has 1 aliphatic carbocycles. The van der Waals surface area contributed by atoms with Gasteiger partial charge in [0, 0.05) is 46.5 Å². The van der Waals surface area contributed by atoms with Crippen molar-refractivity contribution in [3.05, 3.63) is 133 Å². The highest BCUT2D eigenvalue weighted by Crippen LogP contribution is 2.54. The number of hydrogen-bond acceptors (Lipinski definition) is 5. The quantitative estimate of drug-likeness (QED) is 0.214. The van der Waals surface area contributed by atoms with E-state index in [0.717, 1.165) is 45.0 Å². The average Bonchev–Trinajstić information content (AvgIpc) is 3.54. The van der Waals surface area contributed by atoms with Crippen LogP contribution in [0.2, 0.25) is 0 Å². The number of fused-ring (bicyclic) bond motifs is 9. The van der Waals surface area contributed by atoms with E-state index in [1.54, 1.807) is 12.4 Å². The van der Waals surface area contributed by atoms with Gasteiger partial charge >= 0.3 is 0 Å². The summed E-state index contributed by atoms with van der Waals surface area (Å²) in [6.07, 6.45) is 7.17. The number of aromatic nitrogens is 6. The van der Waals surface area contributed by atoms with Gasteiger partial charge in [0.25, 0.3) is 0 Å². The van der Waals surface area contributed by atoms with E-state index in [1.165, 1.54) is 38.5 Å². The predicted molar refractivity (Wildman–Crippen MR) is 176 cm³/mol. The van der Waals surface area contributed by atoms with Crippen molar-refractivity contribution < 1.29 is 0 Å². The standard InChI is InChI=1S/C38H26N6/c1-38(2)27-15-16-30-36(42-20-19-41-30)34(27)26-14-13-25-24-9-3-4-12-33(24)44(37(25)35(26)38)23-21-31(28-10-5-7-17-39-28)43-32(22-23)29-11-6-8-18-40-29/h3-22H,1-2H3. The van der Waals surface area contributed by atoms with Crippen molar-refractivity contribution in [2.45, 2.75) is 19.3 Å². The second-order valence-corrected chi connectivity index (χ2v) is 11.8. The molecule has 6 heteroatoms. The summed E-state index contributed by atoms with van der Waals surface area (Å²) < 4.78 is 2.41. The van der Waals surface area contributed by atoms with Gasteiger partial charge in [0.05, 0.1) is 50.5 Å².